The van der Waals surface area contributed by atoms with Crippen molar-refractivity contribution in [1.29, 1.82) is 0 Å². The second kappa shape index (κ2) is 12.8. The Morgan fingerprint density at radius 2 is 1.84 bits per heavy atom. The van der Waals surface area contributed by atoms with Gasteiger partial charge in [0.15, 0.2) is 0 Å². The van der Waals surface area contributed by atoms with Gasteiger partial charge in [-0.1, -0.05) is 62.2 Å². The van der Waals surface area contributed by atoms with Crippen LogP contribution in [0.2, 0.25) is 5.02 Å². The molecule has 31 heavy (non-hydrogen) atoms. The summed E-state index contributed by atoms with van der Waals surface area (Å²) in [5.41, 5.74) is 2.18. The van der Waals surface area contributed by atoms with Crippen LogP contribution in [0, 0.1) is 12.8 Å². The molecule has 0 aliphatic carbocycles. The number of amides is 2. The number of hydrogen-bond acceptors (Lipinski definition) is 3. The lowest BCUT2D eigenvalue weighted by molar-refractivity contribution is -0.141. The summed E-state index contributed by atoms with van der Waals surface area (Å²) < 4.78 is 0. The van der Waals surface area contributed by atoms with E-state index in [1.54, 1.807) is 16.7 Å². The van der Waals surface area contributed by atoms with Crippen LogP contribution in [-0.2, 0) is 16.1 Å². The molecule has 0 radical (unpaired) electrons. The Balaban J connectivity index is 2.11. The first-order valence-electron chi connectivity index (χ1n) is 10.8. The number of carbonyl (C=O) groups excluding carboxylic acids is 2. The van der Waals surface area contributed by atoms with Crippen molar-refractivity contribution in [3.05, 3.63) is 64.7 Å². The van der Waals surface area contributed by atoms with Gasteiger partial charge in [-0.25, -0.2) is 0 Å². The molecule has 0 aliphatic heterocycles. The average molecular weight is 461 g/mol. The van der Waals surface area contributed by atoms with Gasteiger partial charge >= 0.3 is 0 Å². The normalized spacial score (nSPS) is 11.9. The molecule has 1 N–H and O–H groups in total. The number of benzene rings is 2. The first-order valence-corrected chi connectivity index (χ1v) is 12.2. The van der Waals surface area contributed by atoms with Crippen LogP contribution in [0.25, 0.3) is 0 Å². The fraction of sp³-hybridized carbons (Fsp3) is 0.440. The summed E-state index contributed by atoms with van der Waals surface area (Å²) in [4.78, 5) is 28.9. The summed E-state index contributed by atoms with van der Waals surface area (Å²) in [6.45, 7) is 9.15. The smallest absolute Gasteiger partial charge is 0.242 e. The maximum Gasteiger partial charge on any atom is 0.242 e. The Morgan fingerprint density at radius 3 is 2.45 bits per heavy atom. The number of rotatable bonds is 11. The molecule has 2 rings (SSSR count). The van der Waals surface area contributed by atoms with Crippen LogP contribution in [0.15, 0.2) is 53.4 Å². The highest BCUT2D eigenvalue weighted by molar-refractivity contribution is 7.99. The second-order valence-electron chi connectivity index (χ2n) is 8.13. The Hall–Kier alpha value is -1.98. The van der Waals surface area contributed by atoms with Crippen molar-refractivity contribution in [2.24, 2.45) is 5.92 Å². The maximum absolute atomic E-state index is 13.2. The van der Waals surface area contributed by atoms with E-state index < -0.39 is 6.04 Å². The van der Waals surface area contributed by atoms with Gasteiger partial charge in [-0.15, -0.1) is 11.8 Å². The highest BCUT2D eigenvalue weighted by Gasteiger charge is 2.28. The van der Waals surface area contributed by atoms with Gasteiger partial charge in [0.1, 0.15) is 6.04 Å². The van der Waals surface area contributed by atoms with Crippen molar-refractivity contribution < 1.29 is 9.59 Å². The standard InChI is InChI=1S/C25H33ClN2O2S/c1-5-23(25(30)27-16-18(2)3)28(17-20-8-6-7-19(4)15-20)24(29)13-14-31-22-11-9-21(26)10-12-22/h6-12,15,18,23H,5,13-14,16-17H2,1-4H3,(H,27,30). The third kappa shape index (κ3) is 8.58. The fourth-order valence-electron chi connectivity index (χ4n) is 3.28. The minimum absolute atomic E-state index is 0.00508. The number of aryl methyl sites for hydroxylation is 1. The van der Waals surface area contributed by atoms with Crippen LogP contribution in [0.1, 0.15) is 44.7 Å². The molecule has 6 heteroatoms. The van der Waals surface area contributed by atoms with Gasteiger partial charge in [0.25, 0.3) is 0 Å². The van der Waals surface area contributed by atoms with Gasteiger partial charge in [0.05, 0.1) is 0 Å². The quantitative estimate of drug-likeness (QED) is 0.437. The van der Waals surface area contributed by atoms with E-state index >= 15 is 0 Å². The molecule has 0 saturated heterocycles. The molecule has 168 valence electrons. The molecule has 4 nitrogen and oxygen atoms in total. The third-order valence-corrected chi connectivity index (χ3v) is 6.17. The molecule has 0 aromatic heterocycles. The number of nitrogens with one attached hydrogen (secondary N) is 1. The molecule has 1 unspecified atom stereocenters. The maximum atomic E-state index is 13.2. The Kier molecular flexibility index (Phi) is 10.4. The van der Waals surface area contributed by atoms with E-state index in [0.29, 0.717) is 42.6 Å². The number of halogens is 1. The zero-order chi connectivity index (χ0) is 22.8. The summed E-state index contributed by atoms with van der Waals surface area (Å²) >= 11 is 7.56. The van der Waals surface area contributed by atoms with E-state index in [-0.39, 0.29) is 11.8 Å². The van der Waals surface area contributed by atoms with E-state index in [1.807, 2.05) is 56.3 Å². The van der Waals surface area contributed by atoms with E-state index in [1.165, 1.54) is 0 Å². The monoisotopic (exact) mass is 460 g/mol. The molecule has 0 heterocycles. The van der Waals surface area contributed by atoms with Crippen LogP contribution in [0.5, 0.6) is 0 Å². The molecule has 0 fully saturated rings. The molecule has 0 bridgehead atoms. The van der Waals surface area contributed by atoms with Crippen molar-refractivity contribution in [1.82, 2.24) is 10.2 Å². The fourth-order valence-corrected chi connectivity index (χ4v) is 4.25. The predicted octanol–water partition coefficient (Wildman–Crippen LogP) is 5.71. The van der Waals surface area contributed by atoms with Crippen molar-refractivity contribution in [2.45, 2.75) is 58.0 Å². The zero-order valence-electron chi connectivity index (χ0n) is 18.9. The van der Waals surface area contributed by atoms with Gasteiger partial charge in [0.2, 0.25) is 11.8 Å². The minimum Gasteiger partial charge on any atom is -0.354 e. The van der Waals surface area contributed by atoms with Crippen molar-refractivity contribution in [2.75, 3.05) is 12.3 Å². The summed E-state index contributed by atoms with van der Waals surface area (Å²) in [6, 6.07) is 15.2. The SMILES string of the molecule is CCC(C(=O)NCC(C)C)N(Cc1cccc(C)c1)C(=O)CCSc1ccc(Cl)cc1. The van der Waals surface area contributed by atoms with E-state index in [9.17, 15) is 9.59 Å². The van der Waals surface area contributed by atoms with Crippen LogP contribution in [0.4, 0.5) is 0 Å². The topological polar surface area (TPSA) is 49.4 Å². The van der Waals surface area contributed by atoms with Gasteiger partial charge in [-0.2, -0.15) is 0 Å². The molecule has 0 aliphatic rings. The highest BCUT2D eigenvalue weighted by atomic mass is 35.5. The predicted molar refractivity (Wildman–Crippen MR) is 130 cm³/mol. The largest absolute Gasteiger partial charge is 0.354 e. The van der Waals surface area contributed by atoms with Gasteiger partial charge in [-0.3, -0.25) is 9.59 Å². The molecule has 0 spiro atoms. The molecule has 2 amide bonds. The van der Waals surface area contributed by atoms with Crippen molar-refractivity contribution >= 4 is 35.2 Å². The van der Waals surface area contributed by atoms with E-state index in [2.05, 4.69) is 25.2 Å². The lowest BCUT2D eigenvalue weighted by atomic mass is 10.1. The third-order valence-electron chi connectivity index (χ3n) is 4.90. The molecule has 2 aromatic rings. The van der Waals surface area contributed by atoms with E-state index in [4.69, 9.17) is 11.6 Å². The first kappa shape index (κ1) is 25.3. The Bertz CT molecular complexity index is 855. The molecular weight excluding hydrogens is 428 g/mol. The summed E-state index contributed by atoms with van der Waals surface area (Å²) in [6.07, 6.45) is 0.943. The van der Waals surface area contributed by atoms with Crippen LogP contribution in [0.3, 0.4) is 0 Å². The Labute approximate surface area is 195 Å². The van der Waals surface area contributed by atoms with Crippen molar-refractivity contribution in [3.63, 3.8) is 0 Å². The molecule has 2 aromatic carbocycles. The van der Waals surface area contributed by atoms with Crippen LogP contribution < -0.4 is 5.32 Å². The van der Waals surface area contributed by atoms with Crippen molar-refractivity contribution in [3.8, 4) is 0 Å². The van der Waals surface area contributed by atoms with Gasteiger partial charge in [0, 0.05) is 35.2 Å². The lowest BCUT2D eigenvalue weighted by Crippen LogP contribution is -2.49. The number of carbonyl (C=O) groups is 2. The lowest BCUT2D eigenvalue weighted by Gasteiger charge is -2.31. The summed E-state index contributed by atoms with van der Waals surface area (Å²) in [7, 11) is 0. The highest BCUT2D eigenvalue weighted by Crippen LogP contribution is 2.22. The van der Waals surface area contributed by atoms with Gasteiger partial charge < -0.3 is 10.2 Å². The number of nitrogens with zero attached hydrogens (tertiary/aromatic N) is 1. The molecule has 1 atom stereocenters. The first-order chi connectivity index (χ1) is 14.8. The number of hydrogen-bond donors (Lipinski definition) is 1. The molecular formula is C25H33ClN2O2S. The molecule has 0 saturated carbocycles. The Morgan fingerprint density at radius 1 is 1.13 bits per heavy atom. The average Bonchev–Trinajstić information content (AvgIpc) is 2.73. The summed E-state index contributed by atoms with van der Waals surface area (Å²) in [5.74, 6) is 0.921. The zero-order valence-corrected chi connectivity index (χ0v) is 20.4. The number of thioether (sulfide) groups is 1. The van der Waals surface area contributed by atoms with Gasteiger partial charge in [-0.05, 0) is 49.1 Å². The van der Waals surface area contributed by atoms with E-state index in [0.717, 1.165) is 16.0 Å². The minimum atomic E-state index is -0.479. The summed E-state index contributed by atoms with van der Waals surface area (Å²) in [5, 5.41) is 3.70. The van der Waals surface area contributed by atoms with Crippen LogP contribution >= 0.6 is 23.4 Å². The second-order valence-corrected chi connectivity index (χ2v) is 9.73. The van der Waals surface area contributed by atoms with Crippen LogP contribution in [-0.4, -0.2) is 35.1 Å².